The van der Waals surface area contributed by atoms with Crippen LogP contribution in [0.2, 0.25) is 0 Å². The van der Waals surface area contributed by atoms with Crippen LogP contribution in [0.25, 0.3) is 17.3 Å². The third-order valence-corrected chi connectivity index (χ3v) is 7.17. The van der Waals surface area contributed by atoms with Gasteiger partial charge in [-0.05, 0) is 74.0 Å². The average molecular weight is 572 g/mol. The third-order valence-electron chi connectivity index (χ3n) is 6.08. The van der Waals surface area contributed by atoms with Crippen LogP contribution in [0.1, 0.15) is 18.1 Å². The number of nitriles is 1. The molecule has 210 valence electrons. The van der Waals surface area contributed by atoms with Gasteiger partial charge in [-0.15, -0.1) is 11.3 Å². The van der Waals surface area contributed by atoms with Crippen LogP contribution in [0, 0.1) is 18.3 Å². The predicted molar refractivity (Wildman–Crippen MR) is 159 cm³/mol. The summed E-state index contributed by atoms with van der Waals surface area (Å²) in [6, 6.07) is 19.6. The van der Waals surface area contributed by atoms with Crippen molar-refractivity contribution < 1.29 is 23.7 Å². The topological polar surface area (TPSA) is 112 Å². The number of nitrogens with one attached hydrogen (secondary N) is 1. The molecule has 1 amide bonds. The fourth-order valence-electron chi connectivity index (χ4n) is 4.23. The zero-order chi connectivity index (χ0) is 29.5. The van der Waals surface area contributed by atoms with Gasteiger partial charge in [-0.2, -0.15) is 5.26 Å². The van der Waals surface area contributed by atoms with Gasteiger partial charge in [0, 0.05) is 11.3 Å². The van der Waals surface area contributed by atoms with Crippen molar-refractivity contribution in [1.29, 1.82) is 5.26 Å². The molecule has 3 aromatic carbocycles. The molecule has 4 aromatic rings. The van der Waals surface area contributed by atoms with Gasteiger partial charge in [-0.25, -0.2) is 0 Å². The highest BCUT2D eigenvalue weighted by Crippen LogP contribution is 2.40. The highest BCUT2D eigenvalue weighted by molar-refractivity contribution is 7.07. The molecule has 0 unspecified atom stereocenters. The molecule has 41 heavy (non-hydrogen) atoms. The number of methoxy groups -OCH3 is 3. The molecule has 0 spiro atoms. The zero-order valence-corrected chi connectivity index (χ0v) is 24.1. The Morgan fingerprint density at radius 2 is 1.76 bits per heavy atom. The van der Waals surface area contributed by atoms with Crippen LogP contribution in [0.3, 0.4) is 0 Å². The maximum atomic E-state index is 13.9. The molecule has 1 heterocycles. The number of carbonyl (C=O) groups excluding carboxylic acids is 1. The Morgan fingerprint density at radius 3 is 2.37 bits per heavy atom. The quantitative estimate of drug-likeness (QED) is 0.326. The van der Waals surface area contributed by atoms with Gasteiger partial charge >= 0.3 is 0 Å². The maximum Gasteiger partial charge on any atom is 0.273 e. The van der Waals surface area contributed by atoms with Gasteiger partial charge in [0.15, 0.2) is 17.1 Å². The molecule has 0 saturated carbocycles. The number of nitrogens with zero attached hydrogens (tertiary/aromatic N) is 2. The molecular formula is C31H29N3O6S. The molecule has 0 bridgehead atoms. The number of anilines is 1. The highest BCUT2D eigenvalue weighted by Gasteiger charge is 2.19. The SMILES string of the molecule is CCOc1ccc(-n2c(=O)/c(=C\c3ccc(OC)c(OC)c3OC)s/c2=C(/C#N)C(=O)Nc2cccc(C)c2)cc1. The number of carbonyl (C=O) groups is 1. The van der Waals surface area contributed by atoms with Crippen molar-refractivity contribution in [1.82, 2.24) is 4.57 Å². The van der Waals surface area contributed by atoms with E-state index in [4.69, 9.17) is 18.9 Å². The summed E-state index contributed by atoms with van der Waals surface area (Å²) in [6.45, 7) is 4.26. The second kappa shape index (κ2) is 12.9. The number of hydrogen-bond donors (Lipinski definition) is 1. The molecule has 1 aromatic heterocycles. The first kappa shape index (κ1) is 29.0. The fourth-order valence-corrected chi connectivity index (χ4v) is 5.33. The first-order valence-corrected chi connectivity index (χ1v) is 13.4. The molecular weight excluding hydrogens is 542 g/mol. The zero-order valence-electron chi connectivity index (χ0n) is 23.3. The summed E-state index contributed by atoms with van der Waals surface area (Å²) in [5.74, 6) is 1.21. The van der Waals surface area contributed by atoms with E-state index in [1.807, 2.05) is 32.0 Å². The molecule has 0 aliphatic rings. The summed E-state index contributed by atoms with van der Waals surface area (Å²) in [5.41, 5.74) is 1.89. The van der Waals surface area contributed by atoms with Crippen molar-refractivity contribution in [3.05, 3.63) is 91.3 Å². The molecule has 4 rings (SSSR count). The van der Waals surface area contributed by atoms with Gasteiger partial charge in [0.05, 0.1) is 38.2 Å². The summed E-state index contributed by atoms with van der Waals surface area (Å²) < 4.78 is 23.8. The number of thiazole rings is 1. The second-order valence-corrected chi connectivity index (χ2v) is 9.75. The van der Waals surface area contributed by atoms with E-state index in [0.717, 1.165) is 16.9 Å². The maximum absolute atomic E-state index is 13.9. The van der Waals surface area contributed by atoms with Crippen LogP contribution in [-0.2, 0) is 4.79 Å². The minimum atomic E-state index is -0.630. The summed E-state index contributed by atoms with van der Waals surface area (Å²) in [6.07, 6.45) is 1.63. The fraction of sp³-hybridized carbons (Fsp3) is 0.194. The van der Waals surface area contributed by atoms with Crippen molar-refractivity contribution in [3.63, 3.8) is 0 Å². The van der Waals surface area contributed by atoms with E-state index >= 15 is 0 Å². The largest absolute Gasteiger partial charge is 0.494 e. The number of benzene rings is 3. The van der Waals surface area contributed by atoms with Crippen LogP contribution in [-0.4, -0.2) is 38.4 Å². The lowest BCUT2D eigenvalue weighted by Crippen LogP contribution is -2.32. The molecule has 0 saturated heterocycles. The van der Waals surface area contributed by atoms with Crippen LogP contribution in [0.15, 0.2) is 65.5 Å². The lowest BCUT2D eigenvalue weighted by atomic mass is 10.1. The van der Waals surface area contributed by atoms with Crippen molar-refractivity contribution in [2.24, 2.45) is 0 Å². The number of aromatic nitrogens is 1. The van der Waals surface area contributed by atoms with E-state index in [1.54, 1.807) is 54.6 Å². The standard InChI is InChI=1S/C31H29N3O6S/c1-6-40-23-13-11-22(12-14-23)34-30(36)26(17-20-10-15-25(37-3)28(39-5)27(20)38-4)41-31(34)24(18-32)29(35)33-21-9-7-8-19(2)16-21/h7-17H,6H2,1-5H3,(H,33,35)/b26-17+,31-24-. The van der Waals surface area contributed by atoms with Crippen molar-refractivity contribution in [2.75, 3.05) is 33.3 Å². The molecule has 0 aliphatic heterocycles. The van der Waals surface area contributed by atoms with Gasteiger partial charge in [-0.3, -0.25) is 14.2 Å². The average Bonchev–Trinajstić information content (AvgIpc) is 3.28. The van der Waals surface area contributed by atoms with E-state index in [-0.39, 0.29) is 14.8 Å². The second-order valence-electron chi connectivity index (χ2n) is 8.72. The summed E-state index contributed by atoms with van der Waals surface area (Å²) >= 11 is 1.02. The number of aryl methyl sites for hydroxylation is 1. The molecule has 10 heteroatoms. The van der Waals surface area contributed by atoms with Crippen molar-refractivity contribution in [2.45, 2.75) is 13.8 Å². The number of amides is 1. The van der Waals surface area contributed by atoms with E-state index in [9.17, 15) is 14.9 Å². The van der Waals surface area contributed by atoms with Gasteiger partial charge in [0.2, 0.25) is 5.75 Å². The Bertz CT molecular complexity index is 1800. The Morgan fingerprint density at radius 1 is 1.02 bits per heavy atom. The van der Waals surface area contributed by atoms with Gasteiger partial charge < -0.3 is 24.3 Å². The minimum Gasteiger partial charge on any atom is -0.494 e. The molecule has 0 atom stereocenters. The summed E-state index contributed by atoms with van der Waals surface area (Å²) in [7, 11) is 4.50. The Kier molecular flexibility index (Phi) is 9.12. The van der Waals surface area contributed by atoms with Crippen LogP contribution < -0.4 is 39.0 Å². The lowest BCUT2D eigenvalue weighted by molar-refractivity contribution is -0.111. The van der Waals surface area contributed by atoms with E-state index in [2.05, 4.69) is 5.32 Å². The predicted octanol–water partition coefficient (Wildman–Crippen LogP) is 3.77. The minimum absolute atomic E-state index is 0.178. The number of ether oxygens (including phenoxy) is 4. The van der Waals surface area contributed by atoms with Gasteiger partial charge in [-0.1, -0.05) is 12.1 Å². The van der Waals surface area contributed by atoms with E-state index < -0.39 is 11.5 Å². The van der Waals surface area contributed by atoms with Crippen LogP contribution in [0.4, 0.5) is 5.69 Å². The monoisotopic (exact) mass is 571 g/mol. The summed E-state index contributed by atoms with van der Waals surface area (Å²) in [5, 5.41) is 12.9. The first-order valence-electron chi connectivity index (χ1n) is 12.6. The number of hydrogen-bond acceptors (Lipinski definition) is 8. The molecule has 0 radical (unpaired) electrons. The van der Waals surface area contributed by atoms with Gasteiger partial charge in [0.1, 0.15) is 16.5 Å². The summed E-state index contributed by atoms with van der Waals surface area (Å²) in [4.78, 5) is 27.2. The molecule has 9 nitrogen and oxygen atoms in total. The van der Waals surface area contributed by atoms with Crippen LogP contribution >= 0.6 is 11.3 Å². The molecule has 1 N–H and O–H groups in total. The van der Waals surface area contributed by atoms with Crippen LogP contribution in [0.5, 0.6) is 23.0 Å². The third kappa shape index (κ3) is 6.10. The van der Waals surface area contributed by atoms with E-state index in [0.29, 0.717) is 46.5 Å². The van der Waals surface area contributed by atoms with E-state index in [1.165, 1.54) is 25.9 Å². The number of rotatable bonds is 9. The van der Waals surface area contributed by atoms with Crippen molar-refractivity contribution >= 4 is 34.6 Å². The normalized spacial score (nSPS) is 11.9. The molecule has 0 aliphatic carbocycles. The smallest absolute Gasteiger partial charge is 0.273 e. The highest BCUT2D eigenvalue weighted by atomic mass is 32.1. The van der Waals surface area contributed by atoms with Crippen molar-refractivity contribution in [3.8, 4) is 34.8 Å². The Labute approximate surface area is 241 Å². The molecule has 0 fully saturated rings. The Balaban J connectivity index is 1.99. The first-order chi connectivity index (χ1) is 19.8. The van der Waals surface area contributed by atoms with Gasteiger partial charge in [0.25, 0.3) is 11.5 Å². The lowest BCUT2D eigenvalue weighted by Gasteiger charge is -2.13. The Hall–Kier alpha value is -5.01.